The molecule has 0 unspecified atom stereocenters. The smallest absolute Gasteiger partial charge is 0.272 e. The summed E-state index contributed by atoms with van der Waals surface area (Å²) in [5, 5.41) is 6.17. The van der Waals surface area contributed by atoms with Gasteiger partial charge in [-0.1, -0.05) is 40.5 Å². The number of nitrogens with zero attached hydrogens (tertiary/aromatic N) is 2. The number of fused-ring (bicyclic) bond motifs is 3. The first-order valence-corrected chi connectivity index (χ1v) is 13.9. The quantitative estimate of drug-likeness (QED) is 0.384. The van der Waals surface area contributed by atoms with Gasteiger partial charge < -0.3 is 20.2 Å². The molecule has 0 bridgehead atoms. The van der Waals surface area contributed by atoms with Crippen LogP contribution in [0.1, 0.15) is 48.1 Å². The van der Waals surface area contributed by atoms with E-state index in [9.17, 15) is 4.79 Å². The number of halogens is 2. The molecule has 2 aromatic carbocycles. The van der Waals surface area contributed by atoms with E-state index in [0.717, 1.165) is 37.7 Å². The molecule has 1 saturated carbocycles. The Morgan fingerprint density at radius 3 is 2.69 bits per heavy atom. The Bertz CT molecular complexity index is 1280. The molecule has 6 nitrogen and oxygen atoms in total. The maximum atomic E-state index is 11.3. The molecular formula is C27H29Cl2N3O3S. The minimum absolute atomic E-state index is 0.184. The van der Waals surface area contributed by atoms with Crippen molar-refractivity contribution in [3.63, 3.8) is 0 Å². The fourth-order valence-electron chi connectivity index (χ4n) is 4.49. The molecule has 1 aliphatic carbocycles. The van der Waals surface area contributed by atoms with Crippen LogP contribution < -0.4 is 10.5 Å². The predicted octanol–water partition coefficient (Wildman–Crippen LogP) is 6.18. The number of hydrogen-bond donors (Lipinski definition) is 1. The molecule has 3 aromatic rings. The third-order valence-electron chi connectivity index (χ3n) is 6.52. The number of likely N-dealkylation sites (tertiary alicyclic amines) is 1. The van der Waals surface area contributed by atoms with E-state index in [1.165, 1.54) is 68.6 Å². The molecule has 36 heavy (non-hydrogen) atoms. The summed E-state index contributed by atoms with van der Waals surface area (Å²) in [5.41, 5.74) is 7.72. The van der Waals surface area contributed by atoms with Gasteiger partial charge in [0, 0.05) is 15.3 Å². The monoisotopic (exact) mass is 545 g/mol. The zero-order valence-corrected chi connectivity index (χ0v) is 22.3. The van der Waals surface area contributed by atoms with Crippen molar-refractivity contribution in [1.29, 1.82) is 0 Å². The number of carbonyl (C=O) groups is 1. The molecule has 3 heterocycles. The minimum Gasteiger partial charge on any atom is -0.489 e. The first-order chi connectivity index (χ1) is 17.5. The Kier molecular flexibility index (Phi) is 8.01. The molecule has 1 saturated heterocycles. The van der Waals surface area contributed by atoms with Crippen LogP contribution >= 0.6 is 34.5 Å². The summed E-state index contributed by atoms with van der Waals surface area (Å²) in [7, 11) is 0. The first-order valence-electron chi connectivity index (χ1n) is 12.4. The molecule has 3 aliphatic rings. The fourth-order valence-corrected chi connectivity index (χ4v) is 6.21. The average Bonchev–Trinajstić information content (AvgIpc) is 3.37. The highest BCUT2D eigenvalue weighted by molar-refractivity contribution is 7.21. The number of hydrogen-bond acceptors (Lipinski definition) is 6. The summed E-state index contributed by atoms with van der Waals surface area (Å²) in [6.45, 7) is 4.15. The van der Waals surface area contributed by atoms with Crippen LogP contribution in [-0.4, -0.2) is 42.3 Å². The number of primary amides is 1. The highest BCUT2D eigenvalue weighted by Crippen LogP contribution is 2.36. The highest BCUT2D eigenvalue weighted by Gasteiger charge is 2.25. The standard InChI is InChI=1S/C16H22ClNO.C11H7ClN2O2S/c17-15-12-13(4-3-11-18-9-1-2-10-18)5-8-16(15)19-14-6-7-14;12-5-1-2-6-7-4-16-14-9(11(13)15)10(7)17-8(6)3-5/h5,8,12,14H,1-4,6-7,9-11H2;1-3H,4H2,(H2,13,15). The highest BCUT2D eigenvalue weighted by atomic mass is 35.5. The van der Waals surface area contributed by atoms with Gasteiger partial charge >= 0.3 is 0 Å². The van der Waals surface area contributed by atoms with Crippen molar-refractivity contribution >= 4 is 56.2 Å². The Labute approximate surface area is 224 Å². The van der Waals surface area contributed by atoms with E-state index in [-0.39, 0.29) is 5.71 Å². The first kappa shape index (κ1) is 25.3. The van der Waals surface area contributed by atoms with Gasteiger partial charge in [-0.05, 0) is 93.4 Å². The number of ether oxygens (including phenoxy) is 1. The lowest BCUT2D eigenvalue weighted by molar-refractivity contribution is -0.112. The van der Waals surface area contributed by atoms with Crippen LogP contribution in [0.25, 0.3) is 10.1 Å². The summed E-state index contributed by atoms with van der Waals surface area (Å²) >= 11 is 13.7. The lowest BCUT2D eigenvalue weighted by Crippen LogP contribution is -2.26. The molecule has 0 atom stereocenters. The number of nitrogens with two attached hydrogens (primary N) is 1. The van der Waals surface area contributed by atoms with Crippen molar-refractivity contribution in [2.75, 3.05) is 19.6 Å². The topological polar surface area (TPSA) is 77.2 Å². The third-order valence-corrected chi connectivity index (χ3v) is 8.25. The third kappa shape index (κ3) is 6.14. The van der Waals surface area contributed by atoms with E-state index in [0.29, 0.717) is 17.7 Å². The van der Waals surface area contributed by atoms with Crippen LogP contribution in [0.2, 0.25) is 10.0 Å². The zero-order chi connectivity index (χ0) is 25.1. The van der Waals surface area contributed by atoms with Gasteiger partial charge in [-0.25, -0.2) is 0 Å². The van der Waals surface area contributed by atoms with Crippen LogP contribution in [0.15, 0.2) is 41.6 Å². The number of rotatable bonds is 7. The lowest BCUT2D eigenvalue weighted by atomic mass is 10.1. The van der Waals surface area contributed by atoms with Gasteiger partial charge in [0.15, 0.2) is 5.71 Å². The van der Waals surface area contributed by atoms with E-state index in [1.807, 2.05) is 24.3 Å². The maximum Gasteiger partial charge on any atom is 0.272 e. The average molecular weight is 547 g/mol. The van der Waals surface area contributed by atoms with Crippen molar-refractivity contribution in [2.24, 2.45) is 10.9 Å². The Balaban J connectivity index is 0.000000149. The van der Waals surface area contributed by atoms with Crippen molar-refractivity contribution in [2.45, 2.75) is 51.2 Å². The summed E-state index contributed by atoms with van der Waals surface area (Å²) in [5.74, 6) is 0.274. The Hall–Kier alpha value is -2.32. The molecule has 2 fully saturated rings. The van der Waals surface area contributed by atoms with Crippen LogP contribution in [0.4, 0.5) is 0 Å². The molecule has 0 radical (unpaired) electrons. The molecule has 1 amide bonds. The normalized spacial score (nSPS) is 17.1. The molecule has 2 N–H and O–H groups in total. The molecule has 0 spiro atoms. The molecule has 1 aromatic heterocycles. The van der Waals surface area contributed by atoms with E-state index in [2.05, 4.69) is 22.2 Å². The number of thiophene rings is 1. The molecular weight excluding hydrogens is 517 g/mol. The van der Waals surface area contributed by atoms with Crippen molar-refractivity contribution < 1.29 is 14.4 Å². The second kappa shape index (κ2) is 11.4. The number of oxime groups is 1. The van der Waals surface area contributed by atoms with E-state index in [4.69, 9.17) is 38.5 Å². The maximum absolute atomic E-state index is 11.3. The van der Waals surface area contributed by atoms with Crippen LogP contribution in [0, 0.1) is 0 Å². The van der Waals surface area contributed by atoms with Gasteiger partial charge in [0.05, 0.1) is 16.0 Å². The van der Waals surface area contributed by atoms with Crippen molar-refractivity contribution in [3.05, 3.63) is 62.4 Å². The summed E-state index contributed by atoms with van der Waals surface area (Å²) in [6.07, 6.45) is 7.84. The van der Waals surface area contributed by atoms with E-state index >= 15 is 0 Å². The van der Waals surface area contributed by atoms with Gasteiger partial charge in [0.2, 0.25) is 0 Å². The van der Waals surface area contributed by atoms with Gasteiger partial charge in [0.1, 0.15) is 12.4 Å². The summed E-state index contributed by atoms with van der Waals surface area (Å²) in [4.78, 5) is 19.6. The summed E-state index contributed by atoms with van der Waals surface area (Å²) < 4.78 is 6.76. The van der Waals surface area contributed by atoms with E-state index in [1.54, 1.807) is 0 Å². The van der Waals surface area contributed by atoms with Crippen molar-refractivity contribution in [3.8, 4) is 5.75 Å². The molecule has 2 aliphatic heterocycles. The second-order valence-electron chi connectivity index (χ2n) is 9.36. The van der Waals surface area contributed by atoms with Gasteiger partial charge in [-0.15, -0.1) is 11.3 Å². The molecule has 9 heteroatoms. The van der Waals surface area contributed by atoms with Crippen LogP contribution in [0.3, 0.4) is 0 Å². The van der Waals surface area contributed by atoms with Gasteiger partial charge in [-0.3, -0.25) is 4.79 Å². The zero-order valence-electron chi connectivity index (χ0n) is 20.0. The number of carbonyl (C=O) groups excluding carboxylic acids is 1. The number of amides is 1. The van der Waals surface area contributed by atoms with Crippen LogP contribution in [0.5, 0.6) is 5.75 Å². The van der Waals surface area contributed by atoms with Gasteiger partial charge in [0.25, 0.3) is 5.91 Å². The lowest BCUT2D eigenvalue weighted by Gasteiger charge is -2.14. The van der Waals surface area contributed by atoms with Crippen LogP contribution in [-0.2, 0) is 22.7 Å². The SMILES string of the molecule is Clc1cc(CCCN2CCCC2)ccc1OC1CC1.NC(=O)C1=NOCc2c1sc1cc(Cl)ccc21. The molecule has 6 rings (SSSR count). The van der Waals surface area contributed by atoms with Gasteiger partial charge in [-0.2, -0.15) is 0 Å². The van der Waals surface area contributed by atoms with E-state index < -0.39 is 5.91 Å². The minimum atomic E-state index is -0.580. The predicted molar refractivity (Wildman–Crippen MR) is 146 cm³/mol. The largest absolute Gasteiger partial charge is 0.489 e. The second-order valence-corrected chi connectivity index (χ2v) is 11.3. The van der Waals surface area contributed by atoms with Crippen molar-refractivity contribution in [1.82, 2.24) is 4.90 Å². The number of benzene rings is 2. The Morgan fingerprint density at radius 1 is 1.17 bits per heavy atom. The Morgan fingerprint density at radius 2 is 1.97 bits per heavy atom. The number of aryl methyl sites for hydroxylation is 1. The summed E-state index contributed by atoms with van der Waals surface area (Å²) in [6, 6.07) is 11.9. The fraction of sp³-hybridized carbons (Fsp3) is 0.407. The molecule has 190 valence electrons.